The molecule has 1 unspecified atom stereocenters. The van der Waals surface area contributed by atoms with E-state index in [1.165, 1.54) is 5.56 Å². The van der Waals surface area contributed by atoms with E-state index in [4.69, 9.17) is 4.74 Å². The zero-order valence-electron chi connectivity index (χ0n) is 14.4. The average molecular weight is 351 g/mol. The minimum absolute atomic E-state index is 0.0132. The zero-order chi connectivity index (χ0) is 17.6. The Balaban J connectivity index is 1.60. The predicted molar refractivity (Wildman–Crippen MR) is 106 cm³/mol. The Morgan fingerprint density at radius 1 is 1.04 bits per heavy atom. The number of nitrogens with one attached hydrogen (secondary N) is 1. The first kappa shape index (κ1) is 17.4. The van der Waals surface area contributed by atoms with Crippen LogP contribution >= 0.6 is 11.8 Å². The van der Waals surface area contributed by atoms with Gasteiger partial charge in [0.05, 0.1) is 0 Å². The average Bonchev–Trinajstić information content (AvgIpc) is 2.65. The smallest absolute Gasteiger partial charge is 0.262 e. The van der Waals surface area contributed by atoms with Crippen molar-refractivity contribution in [1.29, 1.82) is 0 Å². The van der Waals surface area contributed by atoms with Gasteiger partial charge < -0.3 is 10.1 Å². The normalized spacial score (nSPS) is 11.9. The Morgan fingerprint density at radius 2 is 1.84 bits per heavy atom. The van der Waals surface area contributed by atoms with Gasteiger partial charge in [0.2, 0.25) is 0 Å². The molecular formula is C21H21NO2S. The molecule has 0 fully saturated rings. The van der Waals surface area contributed by atoms with Gasteiger partial charge in [-0.2, -0.15) is 11.8 Å². The fourth-order valence-corrected chi connectivity index (χ4v) is 3.03. The van der Waals surface area contributed by atoms with E-state index in [2.05, 4.69) is 24.6 Å². The number of hydrogen-bond donors (Lipinski definition) is 1. The quantitative estimate of drug-likeness (QED) is 0.656. The van der Waals surface area contributed by atoms with Crippen molar-refractivity contribution in [3.8, 4) is 5.75 Å². The molecule has 0 bridgehead atoms. The van der Waals surface area contributed by atoms with Gasteiger partial charge in [-0.05, 0) is 53.8 Å². The molecule has 0 aromatic heterocycles. The predicted octanol–water partition coefficient (Wildman–Crippen LogP) is 5.28. The highest BCUT2D eigenvalue weighted by molar-refractivity contribution is 7.98. The number of fused-ring (bicyclic) bond motifs is 1. The molecule has 1 N–H and O–H groups in total. The number of rotatable bonds is 6. The van der Waals surface area contributed by atoms with E-state index in [0.29, 0.717) is 11.0 Å². The van der Waals surface area contributed by atoms with Gasteiger partial charge >= 0.3 is 0 Å². The van der Waals surface area contributed by atoms with Gasteiger partial charge in [-0.3, -0.25) is 4.79 Å². The summed E-state index contributed by atoms with van der Waals surface area (Å²) in [6, 6.07) is 21.8. The Labute approximate surface area is 152 Å². The number of ether oxygens (including phenoxy) is 1. The molecule has 0 aliphatic carbocycles. The van der Waals surface area contributed by atoms with E-state index in [1.807, 2.05) is 60.7 Å². The maximum Gasteiger partial charge on any atom is 0.262 e. The molecule has 1 amide bonds. The summed E-state index contributed by atoms with van der Waals surface area (Å²) in [5, 5.41) is 5.54. The van der Waals surface area contributed by atoms with Gasteiger partial charge in [0, 0.05) is 10.9 Å². The van der Waals surface area contributed by atoms with Crippen molar-refractivity contribution in [2.75, 3.05) is 18.2 Å². The maximum absolute atomic E-state index is 12.2. The Morgan fingerprint density at radius 3 is 2.64 bits per heavy atom. The minimum Gasteiger partial charge on any atom is -0.484 e. The molecule has 25 heavy (non-hydrogen) atoms. The van der Waals surface area contributed by atoms with E-state index < -0.39 is 0 Å². The lowest BCUT2D eigenvalue weighted by Gasteiger charge is -2.12. The van der Waals surface area contributed by atoms with Crippen LogP contribution in [0.15, 0.2) is 66.7 Å². The van der Waals surface area contributed by atoms with Gasteiger partial charge in [-0.25, -0.2) is 0 Å². The topological polar surface area (TPSA) is 38.3 Å². The molecule has 0 saturated carbocycles. The van der Waals surface area contributed by atoms with E-state index >= 15 is 0 Å². The lowest BCUT2D eigenvalue weighted by Crippen LogP contribution is -2.20. The molecule has 0 aliphatic heterocycles. The van der Waals surface area contributed by atoms with Crippen LogP contribution in [0.4, 0.5) is 5.69 Å². The van der Waals surface area contributed by atoms with Gasteiger partial charge in [0.1, 0.15) is 5.75 Å². The summed E-state index contributed by atoms with van der Waals surface area (Å²) in [7, 11) is 0. The monoisotopic (exact) mass is 351 g/mol. The van der Waals surface area contributed by atoms with Crippen LogP contribution in [0, 0.1) is 0 Å². The van der Waals surface area contributed by atoms with Crippen molar-refractivity contribution < 1.29 is 9.53 Å². The second kappa shape index (κ2) is 8.08. The number of thioether (sulfide) groups is 1. The second-order valence-electron chi connectivity index (χ2n) is 5.85. The first-order chi connectivity index (χ1) is 12.2. The summed E-state index contributed by atoms with van der Waals surface area (Å²) in [5.41, 5.74) is 1.99. The van der Waals surface area contributed by atoms with E-state index in [9.17, 15) is 4.79 Å². The van der Waals surface area contributed by atoms with Crippen LogP contribution in [-0.4, -0.2) is 18.8 Å². The van der Waals surface area contributed by atoms with Gasteiger partial charge in [0.25, 0.3) is 5.91 Å². The number of carbonyl (C=O) groups excluding carboxylic acids is 1. The second-order valence-corrected chi connectivity index (χ2v) is 7.03. The zero-order valence-corrected chi connectivity index (χ0v) is 15.2. The van der Waals surface area contributed by atoms with E-state index in [0.717, 1.165) is 16.5 Å². The van der Waals surface area contributed by atoms with Crippen molar-refractivity contribution in [3.05, 3.63) is 72.3 Å². The van der Waals surface area contributed by atoms with Crippen molar-refractivity contribution in [2.24, 2.45) is 0 Å². The van der Waals surface area contributed by atoms with Crippen molar-refractivity contribution >= 4 is 34.1 Å². The fraction of sp³-hybridized carbons (Fsp3) is 0.190. The third-order valence-electron chi connectivity index (χ3n) is 4.08. The highest BCUT2D eigenvalue weighted by atomic mass is 32.2. The van der Waals surface area contributed by atoms with Crippen LogP contribution in [0.25, 0.3) is 10.8 Å². The van der Waals surface area contributed by atoms with Crippen LogP contribution in [-0.2, 0) is 4.79 Å². The molecule has 0 saturated heterocycles. The third kappa shape index (κ3) is 4.54. The highest BCUT2D eigenvalue weighted by Gasteiger charge is 2.07. The maximum atomic E-state index is 12.2. The Hall–Kier alpha value is -2.46. The van der Waals surface area contributed by atoms with Crippen LogP contribution in [0.1, 0.15) is 17.7 Å². The summed E-state index contributed by atoms with van der Waals surface area (Å²) in [6.45, 7) is 2.13. The van der Waals surface area contributed by atoms with E-state index in [1.54, 1.807) is 11.8 Å². The van der Waals surface area contributed by atoms with Gasteiger partial charge in [-0.1, -0.05) is 42.5 Å². The summed E-state index contributed by atoms with van der Waals surface area (Å²) < 4.78 is 5.63. The van der Waals surface area contributed by atoms with Crippen LogP contribution < -0.4 is 10.1 Å². The standard InChI is InChI=1S/C21H21NO2S/c1-15(25-2)17-8-5-9-19(12-17)22-21(23)14-24-20-11-10-16-6-3-4-7-18(16)13-20/h3-13,15H,14H2,1-2H3,(H,22,23). The number of benzene rings is 3. The molecule has 3 rings (SSSR count). The molecule has 3 aromatic carbocycles. The lowest BCUT2D eigenvalue weighted by molar-refractivity contribution is -0.118. The number of anilines is 1. The van der Waals surface area contributed by atoms with Gasteiger partial charge in [0.15, 0.2) is 6.61 Å². The van der Waals surface area contributed by atoms with E-state index in [-0.39, 0.29) is 12.5 Å². The summed E-state index contributed by atoms with van der Waals surface area (Å²) in [5.74, 6) is 0.528. The molecular weight excluding hydrogens is 330 g/mol. The Bertz CT molecular complexity index is 878. The molecule has 0 radical (unpaired) electrons. The fourth-order valence-electron chi connectivity index (χ4n) is 2.61. The summed E-state index contributed by atoms with van der Waals surface area (Å²) >= 11 is 1.78. The van der Waals surface area contributed by atoms with Crippen molar-refractivity contribution in [2.45, 2.75) is 12.2 Å². The molecule has 0 heterocycles. The molecule has 3 aromatic rings. The van der Waals surface area contributed by atoms with Gasteiger partial charge in [-0.15, -0.1) is 0 Å². The molecule has 1 atom stereocenters. The number of hydrogen-bond acceptors (Lipinski definition) is 3. The molecule has 0 aliphatic rings. The number of amides is 1. The Kier molecular flexibility index (Phi) is 5.61. The highest BCUT2D eigenvalue weighted by Crippen LogP contribution is 2.27. The summed E-state index contributed by atoms with van der Waals surface area (Å²) in [4.78, 5) is 12.2. The van der Waals surface area contributed by atoms with Crippen LogP contribution in [0.5, 0.6) is 5.75 Å². The first-order valence-electron chi connectivity index (χ1n) is 8.20. The van der Waals surface area contributed by atoms with Crippen molar-refractivity contribution in [3.63, 3.8) is 0 Å². The molecule has 128 valence electrons. The SMILES string of the molecule is CSC(C)c1cccc(NC(=O)COc2ccc3ccccc3c2)c1. The lowest BCUT2D eigenvalue weighted by atomic mass is 10.1. The molecule has 4 heteroatoms. The molecule has 0 spiro atoms. The number of carbonyl (C=O) groups is 1. The largest absolute Gasteiger partial charge is 0.484 e. The van der Waals surface area contributed by atoms with Crippen molar-refractivity contribution in [1.82, 2.24) is 0 Å². The molecule has 3 nitrogen and oxygen atoms in total. The van der Waals surface area contributed by atoms with Crippen LogP contribution in [0.3, 0.4) is 0 Å². The minimum atomic E-state index is -0.165. The van der Waals surface area contributed by atoms with Crippen LogP contribution in [0.2, 0.25) is 0 Å². The first-order valence-corrected chi connectivity index (χ1v) is 9.49. The third-order valence-corrected chi connectivity index (χ3v) is 5.06. The summed E-state index contributed by atoms with van der Waals surface area (Å²) in [6.07, 6.45) is 2.08.